The maximum absolute atomic E-state index is 13.7. The number of amides is 4. The number of nitriles is 1. The van der Waals surface area contributed by atoms with E-state index in [-0.39, 0.29) is 36.2 Å². The first-order valence-corrected chi connectivity index (χ1v) is 13.6. The second-order valence-electron chi connectivity index (χ2n) is 12.9. The summed E-state index contributed by atoms with van der Waals surface area (Å²) >= 11 is 0. The lowest BCUT2D eigenvalue weighted by Gasteiger charge is -2.37. The van der Waals surface area contributed by atoms with Gasteiger partial charge in [-0.05, 0) is 63.2 Å². The van der Waals surface area contributed by atoms with Crippen molar-refractivity contribution in [3.63, 3.8) is 0 Å². The van der Waals surface area contributed by atoms with E-state index in [1.165, 1.54) is 4.90 Å². The molecule has 3 rings (SSSR count). The van der Waals surface area contributed by atoms with E-state index in [0.29, 0.717) is 12.8 Å². The summed E-state index contributed by atoms with van der Waals surface area (Å²) in [6.07, 6.45) is -0.559. The van der Waals surface area contributed by atoms with Gasteiger partial charge in [0.15, 0.2) is 0 Å². The van der Waals surface area contributed by atoms with Gasteiger partial charge in [-0.25, -0.2) is 0 Å². The number of hydrogen-bond acceptors (Lipinski definition) is 5. The maximum Gasteiger partial charge on any atom is 0.471 e. The van der Waals surface area contributed by atoms with Crippen molar-refractivity contribution in [3.05, 3.63) is 0 Å². The molecular weight excluding hydrogens is 515 g/mol. The van der Waals surface area contributed by atoms with Gasteiger partial charge in [0, 0.05) is 18.0 Å². The van der Waals surface area contributed by atoms with E-state index >= 15 is 0 Å². The third kappa shape index (κ3) is 7.22. The summed E-state index contributed by atoms with van der Waals surface area (Å²) < 4.78 is 39.2. The third-order valence-corrected chi connectivity index (χ3v) is 8.28. The zero-order chi connectivity index (χ0) is 29.3. The summed E-state index contributed by atoms with van der Waals surface area (Å²) in [5.41, 5.74) is -1.41. The van der Waals surface area contributed by atoms with Crippen LogP contribution in [-0.2, 0) is 19.2 Å². The molecule has 3 N–H and O–H groups in total. The molecule has 3 aliphatic rings. The molecule has 6 atom stereocenters. The fourth-order valence-corrected chi connectivity index (χ4v) is 6.14. The lowest BCUT2D eigenvalue weighted by molar-refractivity contribution is -0.176. The molecule has 0 bridgehead atoms. The molecule has 0 aromatic rings. The number of piperidine rings is 1. The van der Waals surface area contributed by atoms with Crippen molar-refractivity contribution in [1.29, 1.82) is 5.26 Å². The Balaban J connectivity index is 1.81. The first-order chi connectivity index (χ1) is 17.9. The summed E-state index contributed by atoms with van der Waals surface area (Å²) in [5.74, 6) is -4.38. The molecule has 2 saturated heterocycles. The van der Waals surface area contributed by atoms with Gasteiger partial charge < -0.3 is 20.9 Å². The normalized spacial score (nSPS) is 28.4. The number of nitrogens with one attached hydrogen (secondary N) is 3. The number of hydrogen-bond donors (Lipinski definition) is 3. The van der Waals surface area contributed by atoms with E-state index < -0.39 is 53.4 Å². The van der Waals surface area contributed by atoms with Crippen molar-refractivity contribution in [2.24, 2.45) is 23.2 Å². The Hall–Kier alpha value is -2.84. The van der Waals surface area contributed by atoms with Crippen molar-refractivity contribution in [1.82, 2.24) is 20.9 Å². The highest BCUT2D eigenvalue weighted by atomic mass is 19.4. The first kappa shape index (κ1) is 30.7. The molecule has 0 radical (unpaired) electrons. The Morgan fingerprint density at radius 2 is 1.77 bits per heavy atom. The van der Waals surface area contributed by atoms with Gasteiger partial charge in [-0.15, -0.1) is 0 Å². The van der Waals surface area contributed by atoms with E-state index in [9.17, 15) is 37.6 Å². The number of halogens is 3. The topological polar surface area (TPSA) is 131 Å². The van der Waals surface area contributed by atoms with Gasteiger partial charge in [-0.1, -0.05) is 33.6 Å². The van der Waals surface area contributed by atoms with E-state index in [1.807, 2.05) is 19.2 Å². The van der Waals surface area contributed by atoms with E-state index in [4.69, 9.17) is 0 Å². The molecule has 218 valence electrons. The standard InChI is InChI=1S/C27H40F3N5O4/c1-25(2,3)20(33-24(39)27(28,29)30)23(38)35-14-16-8-6-7-9-18(16)19(35)22(37)32-17(13-31)12-15-10-11-26(4,5)34-21(15)36/h15-20H,6-12,14H2,1-5H3,(H,32,37)(H,33,39)(H,34,36)/t15-,16-,17-,18-,19-,20+/m0/s1. The van der Waals surface area contributed by atoms with Crippen LogP contribution in [0.25, 0.3) is 0 Å². The molecular formula is C27H40F3N5O4. The maximum atomic E-state index is 13.7. The summed E-state index contributed by atoms with van der Waals surface area (Å²) in [6, 6.07) is -1.41. The second-order valence-corrected chi connectivity index (χ2v) is 12.9. The van der Waals surface area contributed by atoms with Crippen LogP contribution in [0.15, 0.2) is 0 Å². The van der Waals surface area contributed by atoms with Crippen LogP contribution in [0.5, 0.6) is 0 Å². The second kappa shape index (κ2) is 11.3. The van der Waals surface area contributed by atoms with Crippen LogP contribution in [0.3, 0.4) is 0 Å². The number of carbonyl (C=O) groups is 4. The number of nitrogens with zero attached hydrogens (tertiary/aromatic N) is 2. The van der Waals surface area contributed by atoms with E-state index in [2.05, 4.69) is 16.7 Å². The van der Waals surface area contributed by atoms with Crippen LogP contribution in [0.2, 0.25) is 0 Å². The predicted molar refractivity (Wildman–Crippen MR) is 135 cm³/mol. The molecule has 0 unspecified atom stereocenters. The van der Waals surface area contributed by atoms with Crippen molar-refractivity contribution in [3.8, 4) is 6.07 Å². The lowest BCUT2D eigenvalue weighted by atomic mass is 9.78. The lowest BCUT2D eigenvalue weighted by Crippen LogP contribution is -2.60. The highest BCUT2D eigenvalue weighted by Gasteiger charge is 2.52. The average molecular weight is 556 g/mol. The largest absolute Gasteiger partial charge is 0.471 e. The monoisotopic (exact) mass is 555 g/mol. The van der Waals surface area contributed by atoms with Crippen molar-refractivity contribution < 1.29 is 32.3 Å². The van der Waals surface area contributed by atoms with Gasteiger partial charge in [0.2, 0.25) is 17.7 Å². The van der Waals surface area contributed by atoms with Gasteiger partial charge in [-0.3, -0.25) is 19.2 Å². The number of alkyl halides is 3. The molecule has 0 aromatic heterocycles. The Bertz CT molecular complexity index is 1020. The fraction of sp³-hybridized carbons (Fsp3) is 0.815. The number of likely N-dealkylation sites (tertiary alicyclic amines) is 1. The zero-order valence-electron chi connectivity index (χ0n) is 23.3. The van der Waals surface area contributed by atoms with Crippen molar-refractivity contribution in [2.45, 2.75) is 109 Å². The molecule has 0 spiro atoms. The molecule has 3 fully saturated rings. The molecule has 2 heterocycles. The van der Waals surface area contributed by atoms with E-state index in [1.54, 1.807) is 20.8 Å². The van der Waals surface area contributed by atoms with Crippen molar-refractivity contribution in [2.75, 3.05) is 6.54 Å². The fourth-order valence-electron chi connectivity index (χ4n) is 6.14. The van der Waals surface area contributed by atoms with Crippen LogP contribution in [0, 0.1) is 34.5 Å². The molecule has 12 heteroatoms. The Morgan fingerprint density at radius 3 is 2.33 bits per heavy atom. The molecule has 1 saturated carbocycles. The van der Waals surface area contributed by atoms with Crippen molar-refractivity contribution >= 4 is 23.6 Å². The first-order valence-electron chi connectivity index (χ1n) is 13.6. The van der Waals surface area contributed by atoms with Crippen LogP contribution >= 0.6 is 0 Å². The Labute approximate surface area is 227 Å². The molecule has 39 heavy (non-hydrogen) atoms. The van der Waals surface area contributed by atoms with Crippen LogP contribution in [0.4, 0.5) is 13.2 Å². The van der Waals surface area contributed by atoms with Gasteiger partial charge in [-0.2, -0.15) is 18.4 Å². The average Bonchev–Trinajstić information content (AvgIpc) is 3.21. The third-order valence-electron chi connectivity index (χ3n) is 8.28. The minimum Gasteiger partial charge on any atom is -0.351 e. The van der Waals surface area contributed by atoms with Gasteiger partial charge in [0.05, 0.1) is 6.07 Å². The SMILES string of the molecule is CC1(C)CC[C@@H](C[C@@H](C#N)NC(=O)[C@@H]2[C@H]3CCCC[C@H]3CN2C(=O)[C@@H](NC(=O)C(F)(F)F)C(C)(C)C)C(=O)N1. The Kier molecular flexibility index (Phi) is 8.92. The van der Waals surface area contributed by atoms with Crippen LogP contribution in [-0.4, -0.2) is 64.9 Å². The molecule has 9 nitrogen and oxygen atoms in total. The molecule has 1 aliphatic carbocycles. The molecule has 0 aromatic carbocycles. The number of rotatable bonds is 6. The summed E-state index contributed by atoms with van der Waals surface area (Å²) in [4.78, 5) is 53.0. The van der Waals surface area contributed by atoms with Crippen LogP contribution < -0.4 is 16.0 Å². The molecule has 4 amide bonds. The summed E-state index contributed by atoms with van der Waals surface area (Å²) in [6.45, 7) is 8.66. The van der Waals surface area contributed by atoms with E-state index in [0.717, 1.165) is 25.7 Å². The summed E-state index contributed by atoms with van der Waals surface area (Å²) in [7, 11) is 0. The number of carbonyl (C=O) groups excluding carboxylic acids is 4. The summed E-state index contributed by atoms with van der Waals surface area (Å²) in [5, 5.41) is 17.3. The minimum atomic E-state index is -5.17. The van der Waals surface area contributed by atoms with Gasteiger partial charge in [0.1, 0.15) is 18.1 Å². The zero-order valence-corrected chi connectivity index (χ0v) is 23.3. The minimum absolute atomic E-state index is 0.00993. The smallest absolute Gasteiger partial charge is 0.351 e. The highest BCUT2D eigenvalue weighted by Crippen LogP contribution is 2.42. The highest BCUT2D eigenvalue weighted by molar-refractivity contribution is 5.94. The van der Waals surface area contributed by atoms with Crippen LogP contribution in [0.1, 0.15) is 79.6 Å². The Morgan fingerprint density at radius 1 is 1.13 bits per heavy atom. The predicted octanol–water partition coefficient (Wildman–Crippen LogP) is 2.80. The van der Waals surface area contributed by atoms with Gasteiger partial charge >= 0.3 is 12.1 Å². The quantitative estimate of drug-likeness (QED) is 0.464. The number of fused-ring (bicyclic) bond motifs is 1. The van der Waals surface area contributed by atoms with Gasteiger partial charge in [0.25, 0.3) is 0 Å². The molecule has 2 aliphatic heterocycles.